The summed E-state index contributed by atoms with van der Waals surface area (Å²) >= 11 is 0. The first-order valence-corrected chi connectivity index (χ1v) is 6.66. The van der Waals surface area contributed by atoms with Crippen LogP contribution in [0, 0.1) is 0 Å². The van der Waals surface area contributed by atoms with Gasteiger partial charge in [0, 0.05) is 18.3 Å². The Morgan fingerprint density at radius 3 is 2.69 bits per heavy atom. The highest BCUT2D eigenvalue weighted by Crippen LogP contribution is 2.13. The molecule has 1 rings (SSSR count). The van der Waals surface area contributed by atoms with E-state index in [1.54, 1.807) is 6.07 Å². The summed E-state index contributed by atoms with van der Waals surface area (Å²) < 4.78 is 21.4. The molecule has 0 unspecified atom stereocenters. The summed E-state index contributed by atoms with van der Waals surface area (Å²) in [5.74, 6) is 0.803. The molecule has 0 atom stereocenters. The number of sulfonamides is 1. The van der Waals surface area contributed by atoms with Crippen LogP contribution in [0.5, 0.6) is 0 Å². The van der Waals surface area contributed by atoms with Crippen molar-refractivity contribution in [3.63, 3.8) is 0 Å². The van der Waals surface area contributed by atoms with Crippen LogP contribution in [-0.4, -0.2) is 30.7 Å². The molecular weight excluding hydrogens is 228 g/mol. The van der Waals surface area contributed by atoms with E-state index in [0.717, 1.165) is 5.69 Å². The third kappa shape index (κ3) is 4.54. The molecule has 7 heteroatoms. The molecular formula is C9H16N4O2S. The van der Waals surface area contributed by atoms with Gasteiger partial charge in [0.1, 0.15) is 12.1 Å². The third-order valence-electron chi connectivity index (χ3n) is 1.97. The van der Waals surface area contributed by atoms with Crippen molar-refractivity contribution in [1.29, 1.82) is 0 Å². The summed E-state index contributed by atoms with van der Waals surface area (Å²) in [7, 11) is -3.43. The Labute approximate surface area is 95.3 Å². The fraction of sp³-hybridized carbons (Fsp3) is 0.556. The van der Waals surface area contributed by atoms with E-state index in [-0.39, 0.29) is 12.3 Å². The van der Waals surface area contributed by atoms with Crippen LogP contribution >= 0.6 is 0 Å². The van der Waals surface area contributed by atoms with Gasteiger partial charge in [0.05, 0.1) is 5.75 Å². The molecule has 1 aromatic rings. The van der Waals surface area contributed by atoms with Crippen molar-refractivity contribution in [1.82, 2.24) is 9.97 Å². The van der Waals surface area contributed by atoms with Crippen LogP contribution in [0.1, 0.15) is 25.5 Å². The fourth-order valence-electron chi connectivity index (χ4n) is 1.11. The van der Waals surface area contributed by atoms with E-state index < -0.39 is 10.0 Å². The van der Waals surface area contributed by atoms with Gasteiger partial charge < -0.3 is 5.32 Å². The van der Waals surface area contributed by atoms with E-state index in [2.05, 4.69) is 15.3 Å². The second kappa shape index (κ2) is 5.22. The lowest BCUT2D eigenvalue weighted by atomic mass is 10.1. The van der Waals surface area contributed by atoms with Crippen molar-refractivity contribution in [3.05, 3.63) is 18.1 Å². The smallest absolute Gasteiger partial charge is 0.210 e. The van der Waals surface area contributed by atoms with Gasteiger partial charge in [-0.15, -0.1) is 0 Å². The van der Waals surface area contributed by atoms with Crippen LogP contribution in [0.15, 0.2) is 12.4 Å². The summed E-state index contributed by atoms with van der Waals surface area (Å²) in [6.07, 6.45) is 1.45. The molecule has 0 aliphatic rings. The zero-order valence-electron chi connectivity index (χ0n) is 9.34. The predicted molar refractivity (Wildman–Crippen MR) is 62.6 cm³/mol. The summed E-state index contributed by atoms with van der Waals surface area (Å²) in [6.45, 7) is 4.29. The fourth-order valence-corrected chi connectivity index (χ4v) is 1.49. The zero-order valence-corrected chi connectivity index (χ0v) is 10.2. The number of nitrogens with one attached hydrogen (secondary N) is 1. The molecule has 0 saturated heterocycles. The van der Waals surface area contributed by atoms with Gasteiger partial charge in [-0.1, -0.05) is 13.8 Å². The Morgan fingerprint density at radius 2 is 2.12 bits per heavy atom. The molecule has 0 spiro atoms. The Bertz CT molecular complexity index is 445. The normalized spacial score (nSPS) is 11.8. The van der Waals surface area contributed by atoms with E-state index in [0.29, 0.717) is 11.7 Å². The molecule has 3 N–H and O–H groups in total. The van der Waals surface area contributed by atoms with Crippen molar-refractivity contribution in [3.8, 4) is 0 Å². The van der Waals surface area contributed by atoms with Gasteiger partial charge in [-0.2, -0.15) is 0 Å². The third-order valence-corrected chi connectivity index (χ3v) is 2.75. The lowest BCUT2D eigenvalue weighted by molar-refractivity contribution is 0.598. The minimum atomic E-state index is -3.43. The summed E-state index contributed by atoms with van der Waals surface area (Å²) in [5.41, 5.74) is 0.910. The van der Waals surface area contributed by atoms with E-state index in [1.807, 2.05) is 13.8 Å². The van der Waals surface area contributed by atoms with Gasteiger partial charge >= 0.3 is 0 Å². The highest BCUT2D eigenvalue weighted by atomic mass is 32.2. The molecule has 0 amide bonds. The molecule has 0 radical (unpaired) electrons. The molecule has 6 nitrogen and oxygen atoms in total. The molecule has 0 fully saturated rings. The number of aromatic nitrogens is 2. The number of nitrogens with two attached hydrogens (primary N) is 1. The largest absolute Gasteiger partial charge is 0.369 e. The number of nitrogens with zero attached hydrogens (tertiary/aromatic N) is 2. The Morgan fingerprint density at radius 1 is 1.44 bits per heavy atom. The predicted octanol–water partition coefficient (Wildman–Crippen LogP) is 0.300. The molecule has 0 aliphatic heterocycles. The van der Waals surface area contributed by atoms with Gasteiger partial charge in [-0.05, 0) is 5.92 Å². The van der Waals surface area contributed by atoms with Crippen molar-refractivity contribution in [2.24, 2.45) is 5.14 Å². The minimum absolute atomic E-state index is 0.117. The van der Waals surface area contributed by atoms with Crippen LogP contribution in [0.25, 0.3) is 0 Å². The molecule has 90 valence electrons. The van der Waals surface area contributed by atoms with Gasteiger partial charge in [-0.25, -0.2) is 23.5 Å². The van der Waals surface area contributed by atoms with Crippen molar-refractivity contribution in [2.75, 3.05) is 17.6 Å². The van der Waals surface area contributed by atoms with Gasteiger partial charge in [0.2, 0.25) is 10.0 Å². The maximum Gasteiger partial charge on any atom is 0.210 e. The van der Waals surface area contributed by atoms with Crippen LogP contribution in [0.2, 0.25) is 0 Å². The molecule has 1 heterocycles. The average Bonchev–Trinajstić information content (AvgIpc) is 2.16. The summed E-state index contributed by atoms with van der Waals surface area (Å²) in [4.78, 5) is 8.09. The Balaban J connectivity index is 2.58. The maximum absolute atomic E-state index is 10.7. The van der Waals surface area contributed by atoms with E-state index in [9.17, 15) is 8.42 Å². The lowest BCUT2D eigenvalue weighted by Crippen LogP contribution is -2.22. The highest BCUT2D eigenvalue weighted by Gasteiger charge is 2.04. The minimum Gasteiger partial charge on any atom is -0.369 e. The van der Waals surface area contributed by atoms with Gasteiger partial charge in [0.25, 0.3) is 0 Å². The van der Waals surface area contributed by atoms with Gasteiger partial charge in [-0.3, -0.25) is 0 Å². The number of anilines is 1. The zero-order chi connectivity index (χ0) is 12.2. The molecule has 0 saturated carbocycles. The van der Waals surface area contributed by atoms with Crippen LogP contribution in [-0.2, 0) is 10.0 Å². The number of hydrogen-bond donors (Lipinski definition) is 2. The molecule has 16 heavy (non-hydrogen) atoms. The first-order chi connectivity index (χ1) is 7.38. The topological polar surface area (TPSA) is 98.0 Å². The SMILES string of the molecule is CC(C)c1cc(NCCS(N)(=O)=O)ncn1. The van der Waals surface area contributed by atoms with Crippen LogP contribution < -0.4 is 10.5 Å². The summed E-state index contributed by atoms with van der Waals surface area (Å²) in [6, 6.07) is 1.80. The number of rotatable bonds is 5. The lowest BCUT2D eigenvalue weighted by Gasteiger charge is -2.07. The highest BCUT2D eigenvalue weighted by molar-refractivity contribution is 7.89. The first-order valence-electron chi connectivity index (χ1n) is 4.95. The molecule has 1 aromatic heterocycles. The summed E-state index contributed by atoms with van der Waals surface area (Å²) in [5, 5.41) is 7.76. The van der Waals surface area contributed by atoms with E-state index in [1.165, 1.54) is 6.33 Å². The standard InChI is InChI=1S/C9H16N4O2S/c1-7(2)8-5-9(13-6-12-8)11-3-4-16(10,14)15/h5-7H,3-4H2,1-2H3,(H2,10,14,15)(H,11,12,13). The molecule has 0 bridgehead atoms. The van der Waals surface area contributed by atoms with E-state index >= 15 is 0 Å². The quantitative estimate of drug-likeness (QED) is 0.776. The van der Waals surface area contributed by atoms with Crippen molar-refractivity contribution < 1.29 is 8.42 Å². The molecule has 0 aliphatic carbocycles. The van der Waals surface area contributed by atoms with Crippen LogP contribution in [0.4, 0.5) is 5.82 Å². The maximum atomic E-state index is 10.7. The monoisotopic (exact) mass is 244 g/mol. The van der Waals surface area contributed by atoms with E-state index in [4.69, 9.17) is 5.14 Å². The second-order valence-electron chi connectivity index (χ2n) is 3.78. The first kappa shape index (κ1) is 12.9. The molecule has 0 aromatic carbocycles. The Hall–Kier alpha value is -1.21. The van der Waals surface area contributed by atoms with Gasteiger partial charge in [0.15, 0.2) is 0 Å². The number of primary sulfonamides is 1. The van der Waals surface area contributed by atoms with Crippen LogP contribution in [0.3, 0.4) is 0 Å². The Kier molecular flexibility index (Phi) is 4.19. The van der Waals surface area contributed by atoms with Crippen molar-refractivity contribution in [2.45, 2.75) is 19.8 Å². The second-order valence-corrected chi connectivity index (χ2v) is 5.51. The number of hydrogen-bond acceptors (Lipinski definition) is 5. The van der Waals surface area contributed by atoms with Crippen molar-refractivity contribution >= 4 is 15.8 Å². The average molecular weight is 244 g/mol.